The van der Waals surface area contributed by atoms with Gasteiger partial charge in [-0.15, -0.1) is 0 Å². The van der Waals surface area contributed by atoms with Crippen molar-refractivity contribution in [3.8, 4) is 0 Å². The molecule has 0 radical (unpaired) electrons. The van der Waals surface area contributed by atoms with Crippen LogP contribution in [0.2, 0.25) is 0 Å². The van der Waals surface area contributed by atoms with Crippen LogP contribution in [0.5, 0.6) is 0 Å². The zero-order chi connectivity index (χ0) is 6.74. The van der Waals surface area contributed by atoms with E-state index in [4.69, 9.17) is 4.74 Å². The molecule has 0 amide bonds. The predicted octanol–water partition coefficient (Wildman–Crippen LogP) is 0.775. The Bertz CT molecular complexity index is 88.9. The molecule has 1 N–H and O–H groups in total. The van der Waals surface area contributed by atoms with Gasteiger partial charge in [0.15, 0.2) is 0 Å². The molecule has 0 aromatic rings. The molecule has 1 fully saturated rings. The molecule has 1 rings (SSSR count). The summed E-state index contributed by atoms with van der Waals surface area (Å²) in [6.07, 6.45) is 1.20. The Labute approximate surface area is 56.6 Å². The molecule has 0 aromatic heterocycles. The van der Waals surface area contributed by atoms with Gasteiger partial charge in [0.2, 0.25) is 0 Å². The van der Waals surface area contributed by atoms with Crippen LogP contribution < -0.4 is 5.32 Å². The van der Waals surface area contributed by atoms with Gasteiger partial charge in [0.25, 0.3) is 0 Å². The van der Waals surface area contributed by atoms with Gasteiger partial charge in [0.1, 0.15) is 0 Å². The van der Waals surface area contributed by atoms with Gasteiger partial charge in [-0.1, -0.05) is 6.92 Å². The van der Waals surface area contributed by atoms with Crippen molar-refractivity contribution < 1.29 is 4.74 Å². The Morgan fingerprint density at radius 1 is 1.56 bits per heavy atom. The first-order chi connectivity index (χ1) is 4.27. The molecule has 9 heavy (non-hydrogen) atoms. The van der Waals surface area contributed by atoms with Crippen LogP contribution in [0.4, 0.5) is 0 Å². The van der Waals surface area contributed by atoms with E-state index < -0.39 is 0 Å². The third kappa shape index (κ3) is 1.66. The average Bonchev–Trinajstić information content (AvgIpc) is 1.79. The van der Waals surface area contributed by atoms with Crippen molar-refractivity contribution in [2.75, 3.05) is 19.8 Å². The maximum atomic E-state index is 5.07. The highest BCUT2D eigenvalue weighted by atomic mass is 16.5. The lowest BCUT2D eigenvalue weighted by molar-refractivity contribution is -0.0637. The zero-order valence-corrected chi connectivity index (χ0v) is 6.24. The normalized spacial score (nSPS) is 23.3. The molecule has 2 nitrogen and oxygen atoms in total. The fourth-order valence-electron chi connectivity index (χ4n) is 0.937. The molecule has 1 saturated heterocycles. The van der Waals surface area contributed by atoms with Crippen molar-refractivity contribution >= 4 is 0 Å². The second-order valence-corrected chi connectivity index (χ2v) is 2.98. The molecule has 0 spiro atoms. The van der Waals surface area contributed by atoms with E-state index >= 15 is 0 Å². The summed E-state index contributed by atoms with van der Waals surface area (Å²) in [4.78, 5) is 0. The Morgan fingerprint density at radius 3 is 2.56 bits per heavy atom. The van der Waals surface area contributed by atoms with E-state index in [-0.39, 0.29) is 0 Å². The van der Waals surface area contributed by atoms with Crippen LogP contribution in [0, 0.1) is 0 Å². The van der Waals surface area contributed by atoms with Crippen LogP contribution in [0.25, 0.3) is 0 Å². The molecule has 0 aromatic carbocycles. The fourth-order valence-corrected chi connectivity index (χ4v) is 0.937. The van der Waals surface area contributed by atoms with E-state index in [1.807, 2.05) is 0 Å². The van der Waals surface area contributed by atoms with E-state index in [9.17, 15) is 0 Å². The minimum atomic E-state index is 0.302. The molecule has 1 aliphatic rings. The van der Waals surface area contributed by atoms with Crippen LogP contribution >= 0.6 is 0 Å². The van der Waals surface area contributed by atoms with E-state index in [1.54, 1.807) is 0 Å². The highest BCUT2D eigenvalue weighted by Crippen LogP contribution is 2.14. The van der Waals surface area contributed by atoms with Crippen molar-refractivity contribution in [3.63, 3.8) is 0 Å². The average molecular weight is 129 g/mol. The number of nitrogens with one attached hydrogen (secondary N) is 1. The highest BCUT2D eigenvalue weighted by molar-refractivity contribution is 4.88. The van der Waals surface area contributed by atoms with Gasteiger partial charge in [-0.25, -0.2) is 0 Å². The van der Waals surface area contributed by atoms with Crippen molar-refractivity contribution in [2.24, 2.45) is 0 Å². The number of rotatable bonds is 3. The summed E-state index contributed by atoms with van der Waals surface area (Å²) >= 11 is 0. The van der Waals surface area contributed by atoms with Gasteiger partial charge < -0.3 is 10.1 Å². The maximum absolute atomic E-state index is 5.07. The Morgan fingerprint density at radius 2 is 2.22 bits per heavy atom. The second kappa shape index (κ2) is 2.67. The summed E-state index contributed by atoms with van der Waals surface area (Å²) in [7, 11) is 0. The first kappa shape index (κ1) is 7.03. The first-order valence-corrected chi connectivity index (χ1v) is 3.60. The minimum absolute atomic E-state index is 0.302. The minimum Gasteiger partial charge on any atom is -0.377 e. The SMILES string of the molecule is CCCNC1(C)COC1. The lowest BCUT2D eigenvalue weighted by Gasteiger charge is -2.38. The first-order valence-electron chi connectivity index (χ1n) is 3.60. The van der Waals surface area contributed by atoms with Gasteiger partial charge in [-0.05, 0) is 19.9 Å². The summed E-state index contributed by atoms with van der Waals surface area (Å²) in [6, 6.07) is 0. The second-order valence-electron chi connectivity index (χ2n) is 2.98. The zero-order valence-electron chi connectivity index (χ0n) is 6.24. The summed E-state index contributed by atoms with van der Waals surface area (Å²) < 4.78 is 5.07. The van der Waals surface area contributed by atoms with Crippen LogP contribution in [-0.2, 0) is 4.74 Å². The summed E-state index contributed by atoms with van der Waals surface area (Å²) in [5.41, 5.74) is 0.302. The smallest absolute Gasteiger partial charge is 0.0669 e. The van der Waals surface area contributed by atoms with E-state index in [1.165, 1.54) is 6.42 Å². The van der Waals surface area contributed by atoms with Gasteiger partial charge in [-0.2, -0.15) is 0 Å². The lowest BCUT2D eigenvalue weighted by atomic mass is 10.0. The van der Waals surface area contributed by atoms with Gasteiger partial charge in [0, 0.05) is 0 Å². The van der Waals surface area contributed by atoms with Crippen LogP contribution in [0.15, 0.2) is 0 Å². The van der Waals surface area contributed by atoms with E-state index in [0.717, 1.165) is 19.8 Å². The third-order valence-electron chi connectivity index (χ3n) is 1.64. The highest BCUT2D eigenvalue weighted by Gasteiger charge is 2.31. The van der Waals surface area contributed by atoms with Crippen molar-refractivity contribution in [1.82, 2.24) is 5.32 Å². The molecular weight excluding hydrogens is 114 g/mol. The fraction of sp³-hybridized carbons (Fsp3) is 1.00. The topological polar surface area (TPSA) is 21.3 Å². The molecule has 0 saturated carbocycles. The van der Waals surface area contributed by atoms with Crippen molar-refractivity contribution in [1.29, 1.82) is 0 Å². The van der Waals surface area contributed by atoms with Crippen LogP contribution in [0.1, 0.15) is 20.3 Å². The molecule has 1 heterocycles. The number of hydrogen-bond acceptors (Lipinski definition) is 2. The quantitative estimate of drug-likeness (QED) is 0.608. The van der Waals surface area contributed by atoms with Gasteiger partial charge in [-0.3, -0.25) is 0 Å². The van der Waals surface area contributed by atoms with Crippen molar-refractivity contribution in [2.45, 2.75) is 25.8 Å². The molecule has 0 unspecified atom stereocenters. The summed E-state index contributed by atoms with van der Waals surface area (Å²) in [6.45, 7) is 7.25. The predicted molar refractivity (Wildman–Crippen MR) is 37.5 cm³/mol. The van der Waals surface area contributed by atoms with Gasteiger partial charge in [0.05, 0.1) is 18.8 Å². The Hall–Kier alpha value is -0.0800. The van der Waals surface area contributed by atoms with E-state index in [2.05, 4.69) is 19.2 Å². The molecule has 1 aliphatic heterocycles. The van der Waals surface area contributed by atoms with Crippen LogP contribution in [0.3, 0.4) is 0 Å². The summed E-state index contributed by atoms with van der Waals surface area (Å²) in [5.74, 6) is 0. The lowest BCUT2D eigenvalue weighted by Crippen LogP contribution is -2.58. The van der Waals surface area contributed by atoms with E-state index in [0.29, 0.717) is 5.54 Å². The molecular formula is C7H15NO. The molecule has 54 valence electrons. The number of hydrogen-bond donors (Lipinski definition) is 1. The van der Waals surface area contributed by atoms with Gasteiger partial charge >= 0.3 is 0 Å². The number of ether oxygens (including phenoxy) is 1. The summed E-state index contributed by atoms with van der Waals surface area (Å²) in [5, 5.41) is 3.42. The molecule has 0 atom stereocenters. The third-order valence-corrected chi connectivity index (χ3v) is 1.64. The van der Waals surface area contributed by atoms with Crippen molar-refractivity contribution in [3.05, 3.63) is 0 Å². The standard InChI is InChI=1S/C7H15NO/c1-3-4-8-7(2)5-9-6-7/h8H,3-6H2,1-2H3. The molecule has 0 aliphatic carbocycles. The Kier molecular flexibility index (Phi) is 2.09. The monoisotopic (exact) mass is 129 g/mol. The Balaban J connectivity index is 2.09. The largest absolute Gasteiger partial charge is 0.377 e. The molecule has 2 heteroatoms. The maximum Gasteiger partial charge on any atom is 0.0669 e. The molecule has 0 bridgehead atoms. The van der Waals surface area contributed by atoms with Crippen LogP contribution in [-0.4, -0.2) is 25.3 Å².